The van der Waals surface area contributed by atoms with Crippen molar-refractivity contribution in [3.63, 3.8) is 0 Å². The van der Waals surface area contributed by atoms with Crippen molar-refractivity contribution >= 4 is 41.8 Å². The summed E-state index contributed by atoms with van der Waals surface area (Å²) in [4.78, 5) is 6.93. The number of halogens is 3. The molecule has 11 heteroatoms. The first-order valence-corrected chi connectivity index (χ1v) is 22.7. The third-order valence-electron chi connectivity index (χ3n) is 6.60. The summed E-state index contributed by atoms with van der Waals surface area (Å²) in [5, 5.41) is 17.6. The predicted octanol–water partition coefficient (Wildman–Crippen LogP) is 1.36. The van der Waals surface area contributed by atoms with Crippen LogP contribution in [0.5, 0.6) is 5.75 Å². The first kappa shape index (κ1) is 32.9. The number of rotatable bonds is 16. The maximum atomic E-state index is 10.2. The van der Waals surface area contributed by atoms with Crippen LogP contribution < -0.4 is 27.9 Å². The van der Waals surface area contributed by atoms with Gasteiger partial charge in [-0.2, -0.15) is 0 Å². The first-order chi connectivity index (χ1) is 20.0. The number of hydrogen-bond donors (Lipinski definition) is 3. The molecule has 2 heterocycles. The van der Waals surface area contributed by atoms with Crippen LogP contribution in [0.1, 0.15) is 35.1 Å². The molecule has 0 unspecified atom stereocenters. The average molecular weight is 810 g/mol. The number of nitrogens with one attached hydrogen (secondary N) is 2. The summed E-state index contributed by atoms with van der Waals surface area (Å²) in [5.74, 6) is 0.383. The van der Waals surface area contributed by atoms with E-state index in [1.54, 1.807) is 6.07 Å². The van der Waals surface area contributed by atoms with Crippen molar-refractivity contribution in [3.05, 3.63) is 69.9 Å². The fourth-order valence-electron chi connectivity index (χ4n) is 4.63. The van der Waals surface area contributed by atoms with E-state index >= 15 is 0 Å². The molecular formula is C30H40ClI2N4O4-. The van der Waals surface area contributed by atoms with Crippen LogP contribution in [0.4, 0.5) is 0 Å². The van der Waals surface area contributed by atoms with Crippen molar-refractivity contribution in [1.29, 1.82) is 0 Å². The van der Waals surface area contributed by atoms with Gasteiger partial charge in [-0.1, -0.05) is 6.92 Å². The molecule has 0 radical (unpaired) electrons. The zero-order valence-corrected chi connectivity index (χ0v) is 28.7. The summed E-state index contributed by atoms with van der Waals surface area (Å²) in [6.07, 6.45) is 4.03. The summed E-state index contributed by atoms with van der Waals surface area (Å²) in [5.41, 5.74) is 4.72. The van der Waals surface area contributed by atoms with Crippen LogP contribution in [0.25, 0.3) is 3.58 Å². The van der Waals surface area contributed by atoms with Crippen LogP contribution in [0, 0.1) is 0 Å². The number of aromatic hydroxyl groups is 1. The van der Waals surface area contributed by atoms with E-state index in [-0.39, 0.29) is 45.7 Å². The fraction of sp³-hybridized carbons (Fsp3) is 0.467. The van der Waals surface area contributed by atoms with Crippen molar-refractivity contribution in [2.24, 2.45) is 4.99 Å². The van der Waals surface area contributed by atoms with Gasteiger partial charge in [0.15, 0.2) is 0 Å². The van der Waals surface area contributed by atoms with Crippen molar-refractivity contribution in [3.8, 4) is 5.75 Å². The molecule has 0 amide bonds. The van der Waals surface area contributed by atoms with E-state index in [0.717, 1.165) is 43.9 Å². The molecule has 1 atom stereocenters. The second kappa shape index (κ2) is 18.0. The number of likely N-dealkylation sites (N-methyl/N-ethyl adjacent to an activating group) is 2. The summed E-state index contributed by atoms with van der Waals surface area (Å²) in [6.45, 7) is 10.1. The normalized spacial score (nSPS) is 17.6. The van der Waals surface area contributed by atoms with Crippen LogP contribution in [0.15, 0.2) is 47.6 Å². The monoisotopic (exact) mass is 809 g/mol. The van der Waals surface area contributed by atoms with E-state index in [2.05, 4.69) is 58.8 Å². The van der Waals surface area contributed by atoms with Crippen molar-refractivity contribution in [2.45, 2.75) is 19.4 Å². The first-order valence-electron chi connectivity index (χ1n) is 13.9. The molecule has 0 spiro atoms. The molecule has 41 heavy (non-hydrogen) atoms. The number of ether oxygens (including phenoxy) is 3. The number of fused-ring (bicyclic) bond motifs is 1. The summed E-state index contributed by atoms with van der Waals surface area (Å²) in [6, 6.07) is 12.4. The van der Waals surface area contributed by atoms with E-state index in [1.165, 1.54) is 18.3 Å². The number of nitrogens with zero attached hydrogens (tertiary/aromatic N) is 2. The van der Waals surface area contributed by atoms with Gasteiger partial charge in [-0.05, 0) is 6.54 Å². The van der Waals surface area contributed by atoms with Gasteiger partial charge in [0.1, 0.15) is 0 Å². The molecule has 2 aliphatic rings. The Morgan fingerprint density at radius 3 is 2.61 bits per heavy atom. The van der Waals surface area contributed by atoms with E-state index in [9.17, 15) is 5.11 Å². The van der Waals surface area contributed by atoms with Gasteiger partial charge in [-0.15, -0.1) is 0 Å². The molecule has 0 bridgehead atoms. The van der Waals surface area contributed by atoms with Gasteiger partial charge in [0, 0.05) is 6.54 Å². The van der Waals surface area contributed by atoms with Gasteiger partial charge in [0.2, 0.25) is 0 Å². The molecule has 2 aliphatic heterocycles. The second-order valence-corrected chi connectivity index (χ2v) is 18.8. The molecule has 2 aromatic rings. The molecule has 0 saturated heterocycles. The number of phenols is 1. The molecule has 0 fully saturated rings. The van der Waals surface area contributed by atoms with Crippen LogP contribution >= 0.6 is 28.4 Å². The summed E-state index contributed by atoms with van der Waals surface area (Å²) < 4.78 is 19.4. The Labute approximate surface area is 264 Å². The predicted molar refractivity (Wildman–Crippen MR) is 172 cm³/mol. The third kappa shape index (κ3) is 10.6. The quantitative estimate of drug-likeness (QED) is 0.175. The molecule has 3 N–H and O–H groups in total. The van der Waals surface area contributed by atoms with Crippen LogP contribution in [-0.2, 0) is 20.8 Å². The number of hydrogen-bond acceptors (Lipinski definition) is 8. The zero-order chi connectivity index (χ0) is 28.9. The van der Waals surface area contributed by atoms with Crippen LogP contribution in [-0.4, -0.2) is 92.7 Å². The number of aliphatic imine (C=N–C) groups is 1. The van der Waals surface area contributed by atoms with Gasteiger partial charge in [0.05, 0.1) is 6.61 Å². The molecule has 0 aliphatic carbocycles. The standard InChI is InChI=1S/C30H40ClI2N4O4/c1-3-34-7-9-39-11-13-41-14-12-40-10-8-36-30-19-35-18-29(32-33-30)23-6-4-5-22(15-23)26-20-37(2)21-27-25(26)16-24(38)17-28(27)31/h4-6,15-19,26,34,36,38H,3,7-14,20-21H2,1-2H3/q-1/t26-/m0/s1. The Kier molecular flexibility index (Phi) is 14.4. The van der Waals surface area contributed by atoms with E-state index in [1.807, 2.05) is 18.5 Å². The van der Waals surface area contributed by atoms with Crippen LogP contribution in [0.2, 0.25) is 5.02 Å². The number of benzene rings is 2. The van der Waals surface area contributed by atoms with Crippen molar-refractivity contribution in [2.75, 3.05) is 72.9 Å². The molecule has 0 saturated carbocycles. The SMILES string of the molecule is CCNCCOCCOCCOCCNC1=I[I-]C(c2cccc([C@@H]3CN(C)Cc4c(Cl)cc(O)cc43)c2)=CN=C1. The zero-order valence-electron chi connectivity index (χ0n) is 23.7. The summed E-state index contributed by atoms with van der Waals surface area (Å²) >= 11 is 6.24. The van der Waals surface area contributed by atoms with Crippen molar-refractivity contribution < 1.29 is 36.5 Å². The molecule has 8 nitrogen and oxygen atoms in total. The van der Waals surface area contributed by atoms with Crippen molar-refractivity contribution in [1.82, 2.24) is 15.5 Å². The molecule has 2 aromatic carbocycles. The Bertz CT molecular complexity index is 1230. The Morgan fingerprint density at radius 1 is 1.07 bits per heavy atom. The van der Waals surface area contributed by atoms with Gasteiger partial charge in [0.25, 0.3) is 0 Å². The molecular weight excluding hydrogens is 770 g/mol. The van der Waals surface area contributed by atoms with E-state index in [4.69, 9.17) is 25.8 Å². The average Bonchev–Trinajstić information content (AvgIpc) is 3.21. The second-order valence-electron chi connectivity index (χ2n) is 9.73. The number of phenolic OH excluding ortho intramolecular Hbond substituents is 1. The Morgan fingerprint density at radius 2 is 1.83 bits per heavy atom. The maximum absolute atomic E-state index is 10.2. The van der Waals surface area contributed by atoms with Gasteiger partial charge >= 0.3 is 235 Å². The molecule has 226 valence electrons. The third-order valence-corrected chi connectivity index (χ3v) is 16.8. The Hall–Kier alpha value is -0.970. The van der Waals surface area contributed by atoms with E-state index < -0.39 is 0 Å². The Balaban J connectivity index is 1.22. The minimum absolute atomic E-state index is 0.131. The topological polar surface area (TPSA) is 87.6 Å². The van der Waals surface area contributed by atoms with Crippen LogP contribution in [0.3, 0.4) is 0 Å². The van der Waals surface area contributed by atoms with Gasteiger partial charge < -0.3 is 5.32 Å². The fourth-order valence-corrected chi connectivity index (χ4v) is 13.8. The van der Waals surface area contributed by atoms with Gasteiger partial charge in [-0.3, -0.25) is 0 Å². The van der Waals surface area contributed by atoms with E-state index in [0.29, 0.717) is 44.7 Å². The summed E-state index contributed by atoms with van der Waals surface area (Å²) in [7, 11) is 2.12. The molecule has 4 rings (SSSR count). The molecule has 0 aromatic heterocycles. The minimum atomic E-state index is -0.147. The van der Waals surface area contributed by atoms with Gasteiger partial charge in [-0.25, -0.2) is 0 Å².